The van der Waals surface area contributed by atoms with E-state index in [1.807, 2.05) is 31.4 Å². The van der Waals surface area contributed by atoms with Gasteiger partial charge in [-0.3, -0.25) is 9.59 Å². The molecule has 0 radical (unpaired) electrons. The fourth-order valence-corrected chi connectivity index (χ4v) is 2.37. The first-order valence-corrected chi connectivity index (χ1v) is 6.38. The van der Waals surface area contributed by atoms with Crippen molar-refractivity contribution in [2.75, 3.05) is 0 Å². The van der Waals surface area contributed by atoms with Crippen LogP contribution in [0.2, 0.25) is 0 Å². The zero-order valence-corrected chi connectivity index (χ0v) is 11.0. The Morgan fingerprint density at radius 1 is 1.35 bits per heavy atom. The fraction of sp³-hybridized carbons (Fsp3) is 0.500. The Morgan fingerprint density at radius 2 is 2.00 bits per heavy atom. The first-order valence-electron chi connectivity index (χ1n) is 5.50. The smallest absolute Gasteiger partial charge is 0.315 e. The van der Waals surface area contributed by atoms with Gasteiger partial charge in [0.2, 0.25) is 5.91 Å². The van der Waals surface area contributed by atoms with Crippen molar-refractivity contribution >= 4 is 23.2 Å². The Kier molecular flexibility index (Phi) is 4.69. The maximum Gasteiger partial charge on any atom is 0.315 e. The number of amides is 1. The molecule has 5 heteroatoms. The van der Waals surface area contributed by atoms with Gasteiger partial charge in [-0.2, -0.15) is 0 Å². The number of carbonyl (C=O) groups is 2. The predicted molar refractivity (Wildman–Crippen MR) is 66.8 cm³/mol. The molecule has 94 valence electrons. The van der Waals surface area contributed by atoms with Crippen LogP contribution in [0.15, 0.2) is 17.5 Å². The van der Waals surface area contributed by atoms with E-state index in [9.17, 15) is 9.59 Å². The maximum atomic E-state index is 11.7. The predicted octanol–water partition coefficient (Wildman–Crippen LogP) is 2.28. The first-order chi connectivity index (χ1) is 7.93. The normalized spacial score (nSPS) is 14.4. The summed E-state index contributed by atoms with van der Waals surface area (Å²) in [5.74, 6) is -2.34. The van der Waals surface area contributed by atoms with E-state index in [-0.39, 0.29) is 12.0 Å². The van der Waals surface area contributed by atoms with Gasteiger partial charge in [-0.1, -0.05) is 19.9 Å². The molecular formula is C12H17NO3S. The summed E-state index contributed by atoms with van der Waals surface area (Å²) < 4.78 is 0. The molecule has 0 saturated carbocycles. The van der Waals surface area contributed by atoms with Crippen molar-refractivity contribution in [2.45, 2.75) is 26.8 Å². The maximum absolute atomic E-state index is 11.7. The highest BCUT2D eigenvalue weighted by Crippen LogP contribution is 2.26. The van der Waals surface area contributed by atoms with Crippen LogP contribution in [0.1, 0.15) is 31.7 Å². The molecule has 0 fully saturated rings. The number of carbonyl (C=O) groups excluding carboxylic acids is 1. The van der Waals surface area contributed by atoms with Gasteiger partial charge in [-0.05, 0) is 24.3 Å². The number of rotatable bonds is 5. The lowest BCUT2D eigenvalue weighted by Crippen LogP contribution is -2.37. The highest BCUT2D eigenvalue weighted by Gasteiger charge is 2.25. The van der Waals surface area contributed by atoms with Crippen molar-refractivity contribution in [1.29, 1.82) is 0 Å². The Bertz CT molecular complexity index is 386. The number of hydrogen-bond acceptors (Lipinski definition) is 3. The lowest BCUT2D eigenvalue weighted by molar-refractivity contribution is -0.146. The summed E-state index contributed by atoms with van der Waals surface area (Å²) in [6.07, 6.45) is 0. The van der Waals surface area contributed by atoms with Gasteiger partial charge in [0.15, 0.2) is 0 Å². The van der Waals surface area contributed by atoms with Crippen LogP contribution < -0.4 is 5.32 Å². The molecule has 2 N–H and O–H groups in total. The Balaban J connectivity index is 2.75. The monoisotopic (exact) mass is 255 g/mol. The van der Waals surface area contributed by atoms with Crippen molar-refractivity contribution in [3.05, 3.63) is 22.4 Å². The van der Waals surface area contributed by atoms with Gasteiger partial charge in [-0.15, -0.1) is 11.3 Å². The van der Waals surface area contributed by atoms with Crippen molar-refractivity contribution in [3.8, 4) is 0 Å². The third-order valence-corrected chi connectivity index (χ3v) is 3.53. The summed E-state index contributed by atoms with van der Waals surface area (Å²) >= 11 is 1.56. The van der Waals surface area contributed by atoms with Gasteiger partial charge >= 0.3 is 5.97 Å². The number of carboxylic acids is 1. The van der Waals surface area contributed by atoms with Crippen molar-refractivity contribution in [3.63, 3.8) is 0 Å². The van der Waals surface area contributed by atoms with E-state index in [1.54, 1.807) is 11.3 Å². The minimum atomic E-state index is -1.10. The van der Waals surface area contributed by atoms with Gasteiger partial charge in [0.25, 0.3) is 0 Å². The molecule has 0 bridgehead atoms. The molecule has 1 aromatic heterocycles. The standard InChI is InChI=1S/C12H17NO3S/c1-7(2)10(9-5-4-6-17-9)13-11(14)8(3)12(15)16/h4-8,10H,1-3H3,(H,13,14)(H,15,16). The third-order valence-electron chi connectivity index (χ3n) is 2.58. The van der Waals surface area contributed by atoms with Crippen LogP contribution in [-0.2, 0) is 9.59 Å². The fourth-order valence-electron chi connectivity index (χ4n) is 1.42. The van der Waals surface area contributed by atoms with Gasteiger partial charge < -0.3 is 10.4 Å². The van der Waals surface area contributed by atoms with Crippen LogP contribution in [0.3, 0.4) is 0 Å². The quantitative estimate of drug-likeness (QED) is 0.793. The summed E-state index contributed by atoms with van der Waals surface area (Å²) in [6.45, 7) is 5.38. The summed E-state index contributed by atoms with van der Waals surface area (Å²) in [5, 5.41) is 13.5. The Labute approximate surface area is 105 Å². The first kappa shape index (κ1) is 13.7. The molecule has 1 heterocycles. The third kappa shape index (κ3) is 3.56. The van der Waals surface area contributed by atoms with E-state index < -0.39 is 17.8 Å². The molecule has 0 saturated heterocycles. The van der Waals surface area contributed by atoms with Crippen LogP contribution in [0.25, 0.3) is 0 Å². The second kappa shape index (κ2) is 5.82. The molecule has 17 heavy (non-hydrogen) atoms. The summed E-state index contributed by atoms with van der Waals surface area (Å²) in [7, 11) is 0. The average Bonchev–Trinajstić information content (AvgIpc) is 2.76. The molecule has 4 nitrogen and oxygen atoms in total. The number of nitrogens with one attached hydrogen (secondary N) is 1. The number of hydrogen-bond donors (Lipinski definition) is 2. The molecular weight excluding hydrogens is 238 g/mol. The molecule has 0 aromatic carbocycles. The highest BCUT2D eigenvalue weighted by molar-refractivity contribution is 7.10. The van der Waals surface area contributed by atoms with E-state index in [0.717, 1.165) is 4.88 Å². The summed E-state index contributed by atoms with van der Waals surface area (Å²) in [6, 6.07) is 3.74. The molecule has 1 aromatic rings. The van der Waals surface area contributed by atoms with E-state index in [1.165, 1.54) is 6.92 Å². The molecule has 2 atom stereocenters. The highest BCUT2D eigenvalue weighted by atomic mass is 32.1. The van der Waals surface area contributed by atoms with Gasteiger partial charge in [0.1, 0.15) is 5.92 Å². The lowest BCUT2D eigenvalue weighted by Gasteiger charge is -2.22. The summed E-state index contributed by atoms with van der Waals surface area (Å²) in [4.78, 5) is 23.5. The van der Waals surface area contributed by atoms with Gasteiger partial charge in [0.05, 0.1) is 6.04 Å². The molecule has 2 unspecified atom stereocenters. The molecule has 0 aliphatic carbocycles. The Hall–Kier alpha value is -1.36. The zero-order valence-electron chi connectivity index (χ0n) is 10.1. The molecule has 0 spiro atoms. The SMILES string of the molecule is CC(C(=O)O)C(=O)NC(c1cccs1)C(C)C. The van der Waals surface area contributed by atoms with Crippen LogP contribution in [0.4, 0.5) is 0 Å². The average molecular weight is 255 g/mol. The zero-order chi connectivity index (χ0) is 13.0. The lowest BCUT2D eigenvalue weighted by atomic mass is 10.0. The van der Waals surface area contributed by atoms with E-state index in [2.05, 4.69) is 5.32 Å². The molecule has 1 amide bonds. The van der Waals surface area contributed by atoms with Crippen molar-refractivity contribution in [1.82, 2.24) is 5.32 Å². The van der Waals surface area contributed by atoms with E-state index in [0.29, 0.717) is 0 Å². The van der Waals surface area contributed by atoms with Crippen LogP contribution in [0, 0.1) is 11.8 Å². The number of carboxylic acid groups (broad SMARTS) is 1. The van der Waals surface area contributed by atoms with Gasteiger partial charge in [0, 0.05) is 4.88 Å². The molecule has 1 rings (SSSR count). The van der Waals surface area contributed by atoms with Crippen molar-refractivity contribution in [2.24, 2.45) is 11.8 Å². The topological polar surface area (TPSA) is 66.4 Å². The van der Waals surface area contributed by atoms with Crippen molar-refractivity contribution < 1.29 is 14.7 Å². The second-order valence-electron chi connectivity index (χ2n) is 4.31. The van der Waals surface area contributed by atoms with Gasteiger partial charge in [-0.25, -0.2) is 0 Å². The van der Waals surface area contributed by atoms with E-state index in [4.69, 9.17) is 5.11 Å². The summed E-state index contributed by atoms with van der Waals surface area (Å²) in [5.41, 5.74) is 0. The number of thiophene rings is 1. The van der Waals surface area contributed by atoms with E-state index >= 15 is 0 Å². The van der Waals surface area contributed by atoms with Crippen LogP contribution in [0.5, 0.6) is 0 Å². The molecule has 0 aliphatic heterocycles. The van der Waals surface area contributed by atoms with Crippen LogP contribution >= 0.6 is 11.3 Å². The second-order valence-corrected chi connectivity index (χ2v) is 5.28. The number of aliphatic carboxylic acids is 1. The van der Waals surface area contributed by atoms with Crippen LogP contribution in [-0.4, -0.2) is 17.0 Å². The Morgan fingerprint density at radius 3 is 2.41 bits per heavy atom. The minimum absolute atomic E-state index is 0.121. The molecule has 0 aliphatic rings. The largest absolute Gasteiger partial charge is 0.481 e. The minimum Gasteiger partial charge on any atom is -0.481 e.